The van der Waals surface area contributed by atoms with Crippen molar-refractivity contribution in [2.75, 3.05) is 17.2 Å². The first kappa shape index (κ1) is 21.9. The lowest BCUT2D eigenvalue weighted by molar-refractivity contribution is 0.0526. The van der Waals surface area contributed by atoms with Crippen LogP contribution in [0.3, 0.4) is 0 Å². The van der Waals surface area contributed by atoms with Gasteiger partial charge in [0.2, 0.25) is 5.95 Å². The quantitative estimate of drug-likeness (QED) is 0.377. The van der Waals surface area contributed by atoms with Crippen molar-refractivity contribution in [1.82, 2.24) is 19.9 Å². The molecule has 0 aliphatic rings. The number of rotatable bonds is 7. The molecule has 2 aromatic carbocycles. The summed E-state index contributed by atoms with van der Waals surface area (Å²) in [5.74, 6) is 0.897. The summed E-state index contributed by atoms with van der Waals surface area (Å²) in [5, 5.41) is 6.46. The van der Waals surface area contributed by atoms with Gasteiger partial charge in [-0.25, -0.2) is 24.7 Å². The molecule has 0 unspecified atom stereocenters. The van der Waals surface area contributed by atoms with Crippen LogP contribution in [0.15, 0.2) is 66.9 Å². The average molecular weight is 441 g/mol. The Morgan fingerprint density at radius 2 is 1.58 bits per heavy atom. The zero-order valence-electron chi connectivity index (χ0n) is 18.7. The number of nitrogens with one attached hydrogen (secondary N) is 2. The lowest BCUT2D eigenvalue weighted by Gasteiger charge is -2.13. The second kappa shape index (κ2) is 9.86. The van der Waals surface area contributed by atoms with Crippen molar-refractivity contribution in [1.29, 1.82) is 0 Å². The summed E-state index contributed by atoms with van der Waals surface area (Å²) < 4.78 is 5.19. The molecule has 0 aliphatic carbocycles. The molecule has 2 heterocycles. The topological polar surface area (TPSA) is 102 Å². The van der Waals surface area contributed by atoms with Gasteiger partial charge >= 0.3 is 5.97 Å². The third kappa shape index (κ3) is 5.48. The van der Waals surface area contributed by atoms with Gasteiger partial charge in [0.25, 0.3) is 0 Å². The number of hydrogen-bond donors (Lipinski definition) is 2. The fraction of sp³-hybridized carbons (Fsp3) is 0.160. The highest BCUT2D eigenvalue weighted by molar-refractivity contribution is 5.95. The number of carbonyl (C=O) groups is 1. The van der Waals surface area contributed by atoms with Crippen LogP contribution in [0.5, 0.6) is 0 Å². The molecule has 2 N–H and O–H groups in total. The highest BCUT2D eigenvalue weighted by Crippen LogP contribution is 2.25. The molecule has 166 valence electrons. The summed E-state index contributed by atoms with van der Waals surface area (Å²) in [6, 6.07) is 19.1. The van der Waals surface area contributed by atoms with Crippen LogP contribution < -0.4 is 10.6 Å². The van der Waals surface area contributed by atoms with Crippen molar-refractivity contribution in [2.24, 2.45) is 0 Å². The first-order valence-electron chi connectivity index (χ1n) is 10.6. The van der Waals surface area contributed by atoms with Crippen LogP contribution >= 0.6 is 0 Å². The minimum atomic E-state index is -0.488. The van der Waals surface area contributed by atoms with E-state index in [0.29, 0.717) is 17.6 Å². The first-order valence-corrected chi connectivity index (χ1v) is 10.6. The molecule has 33 heavy (non-hydrogen) atoms. The van der Waals surface area contributed by atoms with Gasteiger partial charge < -0.3 is 15.4 Å². The molecule has 0 aliphatic heterocycles. The van der Waals surface area contributed by atoms with Crippen molar-refractivity contribution in [3.63, 3.8) is 0 Å². The van der Waals surface area contributed by atoms with Gasteiger partial charge in [-0.05, 0) is 45.0 Å². The summed E-state index contributed by atoms with van der Waals surface area (Å²) in [4.78, 5) is 30.3. The molecule has 0 fully saturated rings. The van der Waals surface area contributed by atoms with E-state index in [1.54, 1.807) is 6.92 Å². The maximum Gasteiger partial charge on any atom is 0.343 e. The third-order valence-electron chi connectivity index (χ3n) is 4.68. The Hall–Kier alpha value is -4.33. The van der Waals surface area contributed by atoms with Crippen molar-refractivity contribution >= 4 is 29.1 Å². The second-order valence-electron chi connectivity index (χ2n) is 7.35. The predicted octanol–water partition coefficient (Wildman–Crippen LogP) is 5.21. The number of carbonyl (C=O) groups excluding carboxylic acids is 1. The van der Waals surface area contributed by atoms with Crippen LogP contribution in [0.25, 0.3) is 11.4 Å². The Bertz CT molecular complexity index is 1260. The molecule has 8 nitrogen and oxygen atoms in total. The normalized spacial score (nSPS) is 10.5. The van der Waals surface area contributed by atoms with Gasteiger partial charge in [-0.3, -0.25) is 0 Å². The van der Waals surface area contributed by atoms with Crippen LogP contribution in [0.4, 0.5) is 23.1 Å². The van der Waals surface area contributed by atoms with E-state index >= 15 is 0 Å². The van der Waals surface area contributed by atoms with Crippen molar-refractivity contribution in [2.45, 2.75) is 20.8 Å². The highest BCUT2D eigenvalue weighted by Gasteiger charge is 2.17. The molecule has 4 aromatic rings. The van der Waals surface area contributed by atoms with E-state index in [4.69, 9.17) is 4.74 Å². The zero-order chi connectivity index (χ0) is 23.2. The van der Waals surface area contributed by atoms with Crippen LogP contribution in [0.1, 0.15) is 28.7 Å². The number of aromatic nitrogens is 4. The van der Waals surface area contributed by atoms with Crippen LogP contribution in [0.2, 0.25) is 0 Å². The number of benzene rings is 2. The predicted molar refractivity (Wildman–Crippen MR) is 128 cm³/mol. The van der Waals surface area contributed by atoms with E-state index in [1.807, 2.05) is 74.5 Å². The number of anilines is 4. The standard InChI is InChI=1S/C25H24N6O2/c1-4-33-24(32)21-15-26-22(18-9-6-5-7-10-18)31-23(21)29-19-11-8-12-20(14-19)30-25-27-16(2)13-17(3)28-25/h5-15H,4H2,1-3H3,(H,26,29,31)(H,27,28,30). The molecule has 0 saturated heterocycles. The summed E-state index contributed by atoms with van der Waals surface area (Å²) >= 11 is 0. The van der Waals surface area contributed by atoms with Gasteiger partial charge in [0, 0.05) is 34.5 Å². The molecule has 0 atom stereocenters. The van der Waals surface area contributed by atoms with Gasteiger partial charge in [0.15, 0.2) is 5.82 Å². The van der Waals surface area contributed by atoms with Gasteiger partial charge in [0.1, 0.15) is 11.4 Å². The molecule has 0 spiro atoms. The van der Waals surface area contributed by atoms with E-state index in [2.05, 4.69) is 30.6 Å². The van der Waals surface area contributed by atoms with E-state index in [0.717, 1.165) is 28.3 Å². The van der Waals surface area contributed by atoms with Gasteiger partial charge in [-0.1, -0.05) is 36.4 Å². The van der Waals surface area contributed by atoms with Crippen molar-refractivity contribution in [3.05, 3.63) is 83.8 Å². The minimum Gasteiger partial charge on any atom is -0.462 e. The van der Waals surface area contributed by atoms with Crippen LogP contribution in [-0.2, 0) is 4.74 Å². The maximum absolute atomic E-state index is 12.5. The largest absolute Gasteiger partial charge is 0.462 e. The summed E-state index contributed by atoms with van der Waals surface area (Å²) in [6.07, 6.45) is 1.49. The fourth-order valence-corrected chi connectivity index (χ4v) is 3.28. The monoisotopic (exact) mass is 440 g/mol. The number of esters is 1. The highest BCUT2D eigenvalue weighted by atomic mass is 16.5. The summed E-state index contributed by atoms with van der Waals surface area (Å²) in [7, 11) is 0. The lowest BCUT2D eigenvalue weighted by Crippen LogP contribution is -2.11. The Labute approximate surface area is 192 Å². The Morgan fingerprint density at radius 1 is 0.879 bits per heavy atom. The molecular formula is C25H24N6O2. The summed E-state index contributed by atoms with van der Waals surface area (Å²) in [5.41, 5.74) is 4.39. The summed E-state index contributed by atoms with van der Waals surface area (Å²) in [6.45, 7) is 5.87. The lowest BCUT2D eigenvalue weighted by atomic mass is 10.2. The molecule has 4 rings (SSSR count). The molecular weight excluding hydrogens is 416 g/mol. The van der Waals surface area contributed by atoms with E-state index in [-0.39, 0.29) is 12.2 Å². The molecule has 0 radical (unpaired) electrons. The number of hydrogen-bond acceptors (Lipinski definition) is 8. The smallest absolute Gasteiger partial charge is 0.343 e. The fourth-order valence-electron chi connectivity index (χ4n) is 3.28. The van der Waals surface area contributed by atoms with E-state index < -0.39 is 5.97 Å². The molecule has 0 saturated carbocycles. The first-order chi connectivity index (χ1) is 16.0. The zero-order valence-corrected chi connectivity index (χ0v) is 18.7. The van der Waals surface area contributed by atoms with Crippen molar-refractivity contribution in [3.8, 4) is 11.4 Å². The Morgan fingerprint density at radius 3 is 2.27 bits per heavy atom. The minimum absolute atomic E-state index is 0.257. The number of aryl methyl sites for hydroxylation is 2. The molecule has 8 heteroatoms. The van der Waals surface area contributed by atoms with Crippen molar-refractivity contribution < 1.29 is 9.53 Å². The Kier molecular flexibility index (Phi) is 6.54. The van der Waals surface area contributed by atoms with Gasteiger partial charge in [-0.2, -0.15) is 0 Å². The third-order valence-corrected chi connectivity index (χ3v) is 4.68. The van der Waals surface area contributed by atoms with Crippen LogP contribution in [-0.4, -0.2) is 32.5 Å². The SMILES string of the molecule is CCOC(=O)c1cnc(-c2ccccc2)nc1Nc1cccc(Nc2nc(C)cc(C)n2)c1. The van der Waals surface area contributed by atoms with E-state index in [9.17, 15) is 4.79 Å². The van der Waals surface area contributed by atoms with Gasteiger partial charge in [0.05, 0.1) is 6.61 Å². The maximum atomic E-state index is 12.5. The molecule has 0 amide bonds. The van der Waals surface area contributed by atoms with E-state index in [1.165, 1.54) is 6.20 Å². The molecule has 2 aromatic heterocycles. The average Bonchev–Trinajstić information content (AvgIpc) is 2.79. The Balaban J connectivity index is 1.65. The van der Waals surface area contributed by atoms with Crippen LogP contribution in [0, 0.1) is 13.8 Å². The molecule has 0 bridgehead atoms. The van der Waals surface area contributed by atoms with Gasteiger partial charge in [-0.15, -0.1) is 0 Å². The second-order valence-corrected chi connectivity index (χ2v) is 7.35. The number of ether oxygens (including phenoxy) is 1. The number of nitrogens with zero attached hydrogens (tertiary/aromatic N) is 4.